The molecule has 0 amide bonds. The average molecular weight is 916 g/mol. The molecular weight excluding hydrogens is 875 g/mol. The van der Waals surface area contributed by atoms with E-state index in [0.717, 1.165) is 39.6 Å². The number of aromatic nitrogens is 4. The Morgan fingerprint density at radius 1 is 0.627 bits per heavy atom. The summed E-state index contributed by atoms with van der Waals surface area (Å²) >= 11 is 14.5. The van der Waals surface area contributed by atoms with Gasteiger partial charge in [-0.1, -0.05) is 65.2 Å². The molecular formula is C40H41Cl2FN8O4S4. The van der Waals surface area contributed by atoms with Crippen LogP contribution in [0.5, 0.6) is 0 Å². The van der Waals surface area contributed by atoms with Gasteiger partial charge in [0.15, 0.2) is 0 Å². The van der Waals surface area contributed by atoms with Crippen LogP contribution >= 0.6 is 46.3 Å². The molecule has 310 valence electrons. The molecule has 12 nitrogen and oxygen atoms in total. The van der Waals surface area contributed by atoms with Crippen LogP contribution in [0.4, 0.5) is 14.7 Å². The Bertz CT molecular complexity index is 2550. The molecule has 4 heterocycles. The summed E-state index contributed by atoms with van der Waals surface area (Å²) in [5, 5.41) is 2.83. The van der Waals surface area contributed by atoms with E-state index in [9.17, 15) is 21.2 Å². The molecule has 59 heavy (non-hydrogen) atoms. The van der Waals surface area contributed by atoms with Crippen molar-refractivity contribution in [1.29, 1.82) is 0 Å². The summed E-state index contributed by atoms with van der Waals surface area (Å²) in [5.74, 6) is 1.07. The molecule has 2 aliphatic rings. The van der Waals surface area contributed by atoms with Gasteiger partial charge in [-0.25, -0.2) is 31.2 Å². The van der Waals surface area contributed by atoms with Crippen LogP contribution in [-0.2, 0) is 32.9 Å². The summed E-state index contributed by atoms with van der Waals surface area (Å²) in [6, 6.07) is 27.0. The second-order valence-corrected chi connectivity index (χ2v) is 20.3. The van der Waals surface area contributed by atoms with Gasteiger partial charge < -0.3 is 9.80 Å². The van der Waals surface area contributed by atoms with Gasteiger partial charge in [0.05, 0.1) is 9.79 Å². The number of piperazine rings is 2. The predicted octanol–water partition coefficient (Wildman–Crippen LogP) is 7.42. The zero-order valence-corrected chi connectivity index (χ0v) is 36.9. The largest absolute Gasteiger partial charge is 0.344 e. The summed E-state index contributed by atoms with van der Waals surface area (Å²) < 4.78 is 76.5. The SMILES string of the molecule is Cc1ccc(Cc2nsc(N3CCN(S(=O)(=O)c4ccc(Cl)cc4)C(C)C3)n2)cc1.O=S(=O)(c1ccc(F)cc1)N1CCN(c2nc(Cc3ccc(Cl)cc3)ns2)CC1. The van der Waals surface area contributed by atoms with E-state index in [0.29, 0.717) is 68.7 Å². The van der Waals surface area contributed by atoms with E-state index in [4.69, 9.17) is 28.2 Å². The van der Waals surface area contributed by atoms with Crippen LogP contribution in [0.25, 0.3) is 0 Å². The lowest BCUT2D eigenvalue weighted by Crippen LogP contribution is -2.54. The molecule has 0 N–H and O–H groups in total. The van der Waals surface area contributed by atoms with Crippen LogP contribution < -0.4 is 9.80 Å². The minimum Gasteiger partial charge on any atom is -0.344 e. The first-order valence-corrected chi connectivity index (χ1v) is 23.9. The second-order valence-electron chi connectivity index (χ2n) is 14.2. The molecule has 2 saturated heterocycles. The Hall–Kier alpha value is -4.07. The molecule has 4 aromatic carbocycles. The Morgan fingerprint density at radius 2 is 1.08 bits per heavy atom. The lowest BCUT2D eigenvalue weighted by molar-refractivity contribution is 0.306. The van der Waals surface area contributed by atoms with Crippen molar-refractivity contribution >= 4 is 76.6 Å². The normalized spacial score (nSPS) is 16.8. The van der Waals surface area contributed by atoms with Crippen molar-refractivity contribution in [3.05, 3.63) is 141 Å². The third kappa shape index (κ3) is 10.6. The zero-order chi connectivity index (χ0) is 41.7. The molecule has 6 aromatic rings. The van der Waals surface area contributed by atoms with Crippen molar-refractivity contribution in [2.24, 2.45) is 0 Å². The van der Waals surface area contributed by atoms with E-state index < -0.39 is 25.9 Å². The van der Waals surface area contributed by atoms with Crippen molar-refractivity contribution in [2.45, 2.75) is 42.5 Å². The van der Waals surface area contributed by atoms with Crippen molar-refractivity contribution in [1.82, 2.24) is 27.3 Å². The molecule has 8 rings (SSSR count). The standard InChI is InChI=1S/C21H23ClN4O2S2.C19H18ClFN4O2S2/c1-15-3-5-17(6-4-15)13-20-23-21(29-24-20)25-11-12-26(16(2)14-25)30(27,28)19-9-7-18(22)8-10-19;20-15-3-1-14(2-4-15)13-18-22-19(28-23-18)24-9-11-25(12-10-24)29(26,27)17-7-5-16(21)6-8-17/h3-10,16H,11-14H2,1-2H3;1-8H,9-13H2. The summed E-state index contributed by atoms with van der Waals surface area (Å²) in [5.41, 5.74) is 3.48. The summed E-state index contributed by atoms with van der Waals surface area (Å²) in [7, 11) is -7.18. The lowest BCUT2D eigenvalue weighted by Gasteiger charge is -2.38. The number of hydrogen-bond donors (Lipinski definition) is 0. The smallest absolute Gasteiger partial charge is 0.243 e. The van der Waals surface area contributed by atoms with Crippen molar-refractivity contribution < 1.29 is 21.2 Å². The molecule has 0 bridgehead atoms. The summed E-state index contributed by atoms with van der Waals surface area (Å²) in [6.45, 7) is 7.27. The van der Waals surface area contributed by atoms with Gasteiger partial charge in [-0.3, -0.25) is 0 Å². The number of rotatable bonds is 10. The van der Waals surface area contributed by atoms with Crippen LogP contribution in [0.15, 0.2) is 107 Å². The minimum absolute atomic E-state index is 0.105. The molecule has 2 fully saturated rings. The van der Waals surface area contributed by atoms with Crippen LogP contribution in [0.1, 0.15) is 35.3 Å². The third-order valence-corrected chi connectivity index (χ3v) is 16.0. The highest BCUT2D eigenvalue weighted by molar-refractivity contribution is 7.89. The van der Waals surface area contributed by atoms with E-state index >= 15 is 0 Å². The maximum Gasteiger partial charge on any atom is 0.243 e. The van der Waals surface area contributed by atoms with Gasteiger partial charge in [0.2, 0.25) is 30.3 Å². The Kier molecular flexibility index (Phi) is 13.6. The first-order valence-electron chi connectivity index (χ1n) is 18.7. The fourth-order valence-corrected chi connectivity index (χ4v) is 11.4. The molecule has 2 aliphatic heterocycles. The maximum atomic E-state index is 13.1. The predicted molar refractivity (Wildman–Crippen MR) is 232 cm³/mol. The summed E-state index contributed by atoms with van der Waals surface area (Å²) in [6.07, 6.45) is 1.31. The Morgan fingerprint density at radius 3 is 1.63 bits per heavy atom. The quantitative estimate of drug-likeness (QED) is 0.137. The number of benzene rings is 4. The topological polar surface area (TPSA) is 133 Å². The molecule has 1 atom stereocenters. The minimum atomic E-state index is -3.63. The van der Waals surface area contributed by atoms with Crippen molar-refractivity contribution in [3.8, 4) is 0 Å². The van der Waals surface area contributed by atoms with E-state index in [1.54, 1.807) is 28.6 Å². The number of aryl methyl sites for hydroxylation is 1. The Labute approximate surface area is 362 Å². The van der Waals surface area contributed by atoms with Crippen molar-refractivity contribution in [2.75, 3.05) is 55.6 Å². The first kappa shape index (κ1) is 43.0. The van der Waals surface area contributed by atoms with E-state index in [1.807, 2.05) is 36.1 Å². The molecule has 0 aliphatic carbocycles. The highest BCUT2D eigenvalue weighted by Crippen LogP contribution is 2.28. The Balaban J connectivity index is 0.000000179. The number of hydrogen-bond acceptors (Lipinski definition) is 12. The molecule has 2 aromatic heterocycles. The fourth-order valence-electron chi connectivity index (χ4n) is 6.65. The first-order chi connectivity index (χ1) is 28.2. The lowest BCUT2D eigenvalue weighted by atomic mass is 10.1. The van der Waals surface area contributed by atoms with Gasteiger partial charge in [-0.15, -0.1) is 0 Å². The highest BCUT2D eigenvalue weighted by atomic mass is 35.5. The summed E-state index contributed by atoms with van der Waals surface area (Å²) in [4.78, 5) is 13.8. The zero-order valence-electron chi connectivity index (χ0n) is 32.2. The maximum absolute atomic E-state index is 13.1. The van der Waals surface area contributed by atoms with Gasteiger partial charge in [0.25, 0.3) is 0 Å². The third-order valence-electron chi connectivity index (χ3n) is 9.89. The van der Waals surface area contributed by atoms with E-state index in [2.05, 4.69) is 49.8 Å². The van der Waals surface area contributed by atoms with Gasteiger partial charge in [0.1, 0.15) is 17.5 Å². The molecule has 0 radical (unpaired) electrons. The van der Waals surface area contributed by atoms with Crippen LogP contribution in [0.3, 0.4) is 0 Å². The molecule has 19 heteroatoms. The number of sulfonamides is 2. The number of anilines is 2. The van der Waals surface area contributed by atoms with E-state index in [-0.39, 0.29) is 15.8 Å². The van der Waals surface area contributed by atoms with Gasteiger partial charge in [-0.2, -0.15) is 17.4 Å². The van der Waals surface area contributed by atoms with Crippen LogP contribution in [0.2, 0.25) is 10.0 Å². The molecule has 0 spiro atoms. The average Bonchev–Trinajstić information content (AvgIpc) is 3.90. The van der Waals surface area contributed by atoms with Gasteiger partial charge in [0, 0.05) is 97.8 Å². The second kappa shape index (κ2) is 18.7. The van der Waals surface area contributed by atoms with Gasteiger partial charge >= 0.3 is 0 Å². The molecule has 0 saturated carbocycles. The molecule has 1 unspecified atom stereocenters. The fraction of sp³-hybridized carbons (Fsp3) is 0.300. The van der Waals surface area contributed by atoms with Crippen LogP contribution in [0, 0.1) is 12.7 Å². The number of nitrogens with zero attached hydrogens (tertiary/aromatic N) is 8. The van der Waals surface area contributed by atoms with E-state index in [1.165, 1.54) is 50.6 Å². The van der Waals surface area contributed by atoms with Crippen LogP contribution in [-0.4, -0.2) is 96.0 Å². The monoisotopic (exact) mass is 914 g/mol. The van der Waals surface area contributed by atoms with Gasteiger partial charge in [-0.05, 0) is 85.6 Å². The van der Waals surface area contributed by atoms with Crippen molar-refractivity contribution in [3.63, 3.8) is 0 Å². The number of halogens is 3. The highest BCUT2D eigenvalue weighted by Gasteiger charge is 2.35.